The summed E-state index contributed by atoms with van der Waals surface area (Å²) in [7, 11) is 4.74. The summed E-state index contributed by atoms with van der Waals surface area (Å²) in [4.78, 5) is 28.4. The molecule has 4 aromatic rings. The van der Waals surface area contributed by atoms with Crippen molar-refractivity contribution in [1.82, 2.24) is 4.57 Å². The Morgan fingerprint density at radius 1 is 0.938 bits per heavy atom. The van der Waals surface area contributed by atoms with E-state index in [1.807, 2.05) is 0 Å². The Kier molecular flexibility index (Phi) is 5.88. The van der Waals surface area contributed by atoms with E-state index in [9.17, 15) is 9.59 Å². The molecule has 0 radical (unpaired) electrons. The molecule has 0 aliphatic heterocycles. The molecule has 0 aliphatic carbocycles. The highest BCUT2D eigenvalue weighted by molar-refractivity contribution is 6.31. The van der Waals surface area contributed by atoms with E-state index < -0.39 is 0 Å². The average Bonchev–Trinajstić information content (AvgIpc) is 2.83. The second kappa shape index (κ2) is 8.77. The number of hydrogen-bond acceptors (Lipinski definition) is 4. The summed E-state index contributed by atoms with van der Waals surface area (Å²) in [5, 5.41) is 1.48. The number of hydrogen-bond donors (Lipinski definition) is 0. The topological polar surface area (TPSA) is 60.8 Å². The fraction of sp³-hybridized carbons (Fsp3) is 0.120. The Balaban J connectivity index is 1.92. The first kappa shape index (κ1) is 21.5. The first-order valence-corrected chi connectivity index (χ1v) is 10.2. The number of benzene rings is 3. The summed E-state index contributed by atoms with van der Waals surface area (Å²) in [5.74, 6) is 0.810. The molecule has 0 aliphatic rings. The zero-order chi connectivity index (χ0) is 22.8. The molecule has 0 unspecified atom stereocenters. The highest BCUT2D eigenvalue weighted by Gasteiger charge is 2.22. The molecule has 0 bridgehead atoms. The van der Waals surface area contributed by atoms with Gasteiger partial charge in [-0.2, -0.15) is 0 Å². The van der Waals surface area contributed by atoms with Gasteiger partial charge in [-0.15, -0.1) is 0 Å². The molecule has 1 heterocycles. The maximum atomic E-state index is 13.6. The third-order valence-electron chi connectivity index (χ3n) is 5.29. The normalized spacial score (nSPS) is 10.8. The number of nitrogens with zero attached hydrogens (tertiary/aromatic N) is 2. The van der Waals surface area contributed by atoms with Gasteiger partial charge in [-0.25, -0.2) is 0 Å². The first-order valence-electron chi connectivity index (χ1n) is 9.85. The number of rotatable bonds is 5. The first-order chi connectivity index (χ1) is 15.4. The van der Waals surface area contributed by atoms with E-state index in [2.05, 4.69) is 0 Å². The molecule has 162 valence electrons. The van der Waals surface area contributed by atoms with Crippen molar-refractivity contribution in [3.05, 3.63) is 93.9 Å². The van der Waals surface area contributed by atoms with Crippen molar-refractivity contribution in [2.24, 2.45) is 0 Å². The van der Waals surface area contributed by atoms with E-state index >= 15 is 0 Å². The van der Waals surface area contributed by atoms with Crippen LogP contribution in [0, 0.1) is 0 Å². The summed E-state index contributed by atoms with van der Waals surface area (Å²) in [5.41, 5.74) is 1.26. The molecule has 0 spiro atoms. The monoisotopic (exact) mass is 448 g/mol. The lowest BCUT2D eigenvalue weighted by molar-refractivity contribution is 0.0993. The SMILES string of the molecule is COc1cccc(-n2cc(C(=O)N(C)c3cc(Cl)ccc3OC)c3ccccc3c2=O)c1. The summed E-state index contributed by atoms with van der Waals surface area (Å²) in [6, 6.07) is 19.2. The van der Waals surface area contributed by atoms with E-state index in [1.54, 1.807) is 87.1 Å². The quantitative estimate of drug-likeness (QED) is 0.434. The van der Waals surface area contributed by atoms with Gasteiger partial charge in [-0.3, -0.25) is 14.2 Å². The van der Waals surface area contributed by atoms with Crippen molar-refractivity contribution in [2.75, 3.05) is 26.2 Å². The number of ether oxygens (including phenoxy) is 2. The number of carbonyl (C=O) groups is 1. The number of halogens is 1. The van der Waals surface area contributed by atoms with Crippen molar-refractivity contribution in [1.29, 1.82) is 0 Å². The van der Waals surface area contributed by atoms with Gasteiger partial charge in [0.15, 0.2) is 0 Å². The number of fused-ring (bicyclic) bond motifs is 1. The van der Waals surface area contributed by atoms with Gasteiger partial charge < -0.3 is 14.4 Å². The minimum absolute atomic E-state index is 0.228. The fourth-order valence-electron chi connectivity index (χ4n) is 3.63. The molecule has 32 heavy (non-hydrogen) atoms. The minimum Gasteiger partial charge on any atom is -0.497 e. The summed E-state index contributed by atoms with van der Waals surface area (Å²) >= 11 is 6.17. The Labute approximate surface area is 190 Å². The average molecular weight is 449 g/mol. The Morgan fingerprint density at radius 3 is 2.41 bits per heavy atom. The lowest BCUT2D eigenvalue weighted by Crippen LogP contribution is -2.29. The van der Waals surface area contributed by atoms with Crippen LogP contribution in [0.3, 0.4) is 0 Å². The molecule has 7 heteroatoms. The minimum atomic E-state index is -0.307. The maximum Gasteiger partial charge on any atom is 0.262 e. The number of methoxy groups -OCH3 is 2. The zero-order valence-electron chi connectivity index (χ0n) is 17.8. The lowest BCUT2D eigenvalue weighted by atomic mass is 10.1. The van der Waals surface area contributed by atoms with Crippen LogP contribution in [0.4, 0.5) is 5.69 Å². The molecule has 1 aromatic heterocycles. The number of aromatic nitrogens is 1. The van der Waals surface area contributed by atoms with Crippen LogP contribution in [0.5, 0.6) is 11.5 Å². The Morgan fingerprint density at radius 2 is 1.69 bits per heavy atom. The van der Waals surface area contributed by atoms with Crippen molar-refractivity contribution in [3.63, 3.8) is 0 Å². The van der Waals surface area contributed by atoms with Gasteiger partial charge in [-0.05, 0) is 36.4 Å². The van der Waals surface area contributed by atoms with Crippen molar-refractivity contribution < 1.29 is 14.3 Å². The van der Waals surface area contributed by atoms with E-state index in [1.165, 1.54) is 16.6 Å². The smallest absolute Gasteiger partial charge is 0.262 e. The van der Waals surface area contributed by atoms with Crippen LogP contribution in [0.2, 0.25) is 5.02 Å². The van der Waals surface area contributed by atoms with Gasteiger partial charge >= 0.3 is 0 Å². The van der Waals surface area contributed by atoms with Gasteiger partial charge in [0, 0.05) is 35.1 Å². The largest absolute Gasteiger partial charge is 0.497 e. The highest BCUT2D eigenvalue weighted by Crippen LogP contribution is 2.32. The van der Waals surface area contributed by atoms with Crippen LogP contribution in [0.15, 0.2) is 77.7 Å². The van der Waals surface area contributed by atoms with Crippen LogP contribution in [0.25, 0.3) is 16.5 Å². The Bertz CT molecular complexity index is 1380. The van der Waals surface area contributed by atoms with E-state index in [-0.39, 0.29) is 11.5 Å². The number of pyridine rings is 1. The van der Waals surface area contributed by atoms with E-state index in [0.717, 1.165) is 0 Å². The van der Waals surface area contributed by atoms with Gasteiger partial charge in [0.05, 0.1) is 31.2 Å². The number of anilines is 1. The third-order valence-corrected chi connectivity index (χ3v) is 5.53. The molecule has 1 amide bonds. The van der Waals surface area contributed by atoms with Gasteiger partial charge in [-0.1, -0.05) is 35.9 Å². The summed E-state index contributed by atoms with van der Waals surface area (Å²) in [6.07, 6.45) is 1.56. The van der Waals surface area contributed by atoms with E-state index in [0.29, 0.717) is 44.2 Å². The van der Waals surface area contributed by atoms with Crippen LogP contribution in [-0.2, 0) is 0 Å². The molecule has 0 atom stereocenters. The predicted octanol–water partition coefficient (Wildman–Crippen LogP) is 4.94. The predicted molar refractivity (Wildman–Crippen MR) is 127 cm³/mol. The third kappa shape index (κ3) is 3.81. The molecular formula is C25H21ClN2O4. The summed E-state index contributed by atoms with van der Waals surface area (Å²) < 4.78 is 12.2. The molecular weight excluding hydrogens is 428 g/mol. The highest BCUT2D eigenvalue weighted by atomic mass is 35.5. The molecule has 0 saturated carbocycles. The molecule has 0 fully saturated rings. The lowest BCUT2D eigenvalue weighted by Gasteiger charge is -2.22. The molecule has 3 aromatic carbocycles. The fourth-order valence-corrected chi connectivity index (χ4v) is 3.80. The number of carbonyl (C=O) groups excluding carboxylic acids is 1. The molecule has 0 N–H and O–H groups in total. The van der Waals surface area contributed by atoms with Crippen molar-refractivity contribution >= 4 is 34.0 Å². The second-order valence-electron chi connectivity index (χ2n) is 7.15. The van der Waals surface area contributed by atoms with Gasteiger partial charge in [0.25, 0.3) is 11.5 Å². The van der Waals surface area contributed by atoms with Crippen LogP contribution in [0.1, 0.15) is 10.4 Å². The van der Waals surface area contributed by atoms with Crippen LogP contribution in [-0.4, -0.2) is 31.7 Å². The van der Waals surface area contributed by atoms with Crippen LogP contribution < -0.4 is 19.9 Å². The van der Waals surface area contributed by atoms with Crippen molar-refractivity contribution in [3.8, 4) is 17.2 Å². The maximum absolute atomic E-state index is 13.6. The van der Waals surface area contributed by atoms with Crippen molar-refractivity contribution in [2.45, 2.75) is 0 Å². The second-order valence-corrected chi connectivity index (χ2v) is 7.58. The standard InChI is InChI=1S/C25H21ClN2O4/c1-27(22-13-16(26)11-12-23(22)32-3)24(29)21-15-28(17-7-6-8-18(14-17)31-2)25(30)20-10-5-4-9-19(20)21/h4-15H,1-3H3. The number of amides is 1. The molecule has 0 saturated heterocycles. The zero-order valence-corrected chi connectivity index (χ0v) is 18.6. The van der Waals surface area contributed by atoms with Gasteiger partial charge in [0.2, 0.25) is 0 Å². The Hall–Kier alpha value is -3.77. The van der Waals surface area contributed by atoms with E-state index in [4.69, 9.17) is 21.1 Å². The molecule has 4 rings (SSSR count). The van der Waals surface area contributed by atoms with Crippen LogP contribution >= 0.6 is 11.6 Å². The molecule has 6 nitrogen and oxygen atoms in total. The van der Waals surface area contributed by atoms with Gasteiger partial charge in [0.1, 0.15) is 11.5 Å². The summed E-state index contributed by atoms with van der Waals surface area (Å²) in [6.45, 7) is 0.